The van der Waals surface area contributed by atoms with Crippen molar-refractivity contribution in [1.29, 1.82) is 0 Å². The smallest absolute Gasteiger partial charge is 0.191 e. The number of nitrogens with one attached hydrogen (secondary N) is 2. The first-order chi connectivity index (χ1) is 9.76. The highest BCUT2D eigenvalue weighted by Gasteiger charge is 2.15. The molecule has 0 aromatic heterocycles. The van der Waals surface area contributed by atoms with Crippen LogP contribution < -0.4 is 10.6 Å². The van der Waals surface area contributed by atoms with Gasteiger partial charge in [0, 0.05) is 46.4 Å². The van der Waals surface area contributed by atoms with Crippen LogP contribution in [0.15, 0.2) is 4.99 Å². The number of rotatable bonds is 8. The van der Waals surface area contributed by atoms with E-state index in [1.165, 1.54) is 25.9 Å². The van der Waals surface area contributed by atoms with Gasteiger partial charge in [0.2, 0.25) is 0 Å². The normalized spacial score (nSPS) is 20.0. The van der Waals surface area contributed by atoms with Gasteiger partial charge in [-0.25, -0.2) is 0 Å². The highest BCUT2D eigenvalue weighted by Crippen LogP contribution is 2.14. The van der Waals surface area contributed by atoms with Gasteiger partial charge in [-0.05, 0) is 38.6 Å². The molecule has 0 bridgehead atoms. The predicted molar refractivity (Wildman–Crippen MR) is 101 cm³/mol. The second-order valence-electron chi connectivity index (χ2n) is 5.58. The molecule has 2 N–H and O–H groups in total. The van der Waals surface area contributed by atoms with Gasteiger partial charge in [-0.2, -0.15) is 0 Å². The highest BCUT2D eigenvalue weighted by molar-refractivity contribution is 14.0. The Morgan fingerprint density at radius 3 is 2.86 bits per heavy atom. The molecule has 1 atom stereocenters. The summed E-state index contributed by atoms with van der Waals surface area (Å²) in [5, 5.41) is 6.70. The van der Waals surface area contributed by atoms with E-state index in [0.29, 0.717) is 0 Å². The van der Waals surface area contributed by atoms with Crippen LogP contribution in [0.5, 0.6) is 0 Å². The molecule has 0 aromatic carbocycles. The van der Waals surface area contributed by atoms with Crippen molar-refractivity contribution >= 4 is 29.9 Å². The van der Waals surface area contributed by atoms with Crippen LogP contribution in [-0.2, 0) is 4.74 Å². The Hall–Kier alpha value is -0.0800. The summed E-state index contributed by atoms with van der Waals surface area (Å²) in [5.41, 5.74) is 0. The van der Waals surface area contributed by atoms with Crippen molar-refractivity contribution in [2.45, 2.75) is 33.1 Å². The van der Waals surface area contributed by atoms with Crippen molar-refractivity contribution in [2.75, 3.05) is 53.0 Å². The van der Waals surface area contributed by atoms with E-state index in [1.807, 2.05) is 0 Å². The van der Waals surface area contributed by atoms with Crippen LogP contribution in [0.1, 0.15) is 33.1 Å². The molecule has 21 heavy (non-hydrogen) atoms. The zero-order chi connectivity index (χ0) is 14.6. The van der Waals surface area contributed by atoms with Crippen molar-refractivity contribution in [3.05, 3.63) is 0 Å². The zero-order valence-electron chi connectivity index (χ0n) is 13.9. The molecule has 1 aliphatic rings. The van der Waals surface area contributed by atoms with Gasteiger partial charge in [0.15, 0.2) is 5.96 Å². The molecule has 0 aromatic rings. The summed E-state index contributed by atoms with van der Waals surface area (Å²) >= 11 is 0. The first-order valence-electron chi connectivity index (χ1n) is 7.99. The number of likely N-dealkylation sites (tertiary alicyclic amines) is 1. The van der Waals surface area contributed by atoms with Crippen LogP contribution in [0.3, 0.4) is 0 Å². The number of hydrogen-bond donors (Lipinski definition) is 2. The lowest BCUT2D eigenvalue weighted by Gasteiger charge is -2.30. The summed E-state index contributed by atoms with van der Waals surface area (Å²) in [5.74, 6) is 1.77. The Labute approximate surface area is 147 Å². The van der Waals surface area contributed by atoms with E-state index in [2.05, 4.69) is 34.4 Å². The van der Waals surface area contributed by atoms with E-state index < -0.39 is 0 Å². The maximum atomic E-state index is 5.04. The fraction of sp³-hybridized carbons (Fsp3) is 0.933. The number of piperidine rings is 1. The number of nitrogens with zero attached hydrogens (tertiary/aromatic N) is 2. The summed E-state index contributed by atoms with van der Waals surface area (Å²) in [7, 11) is 1.73. The summed E-state index contributed by atoms with van der Waals surface area (Å²) in [4.78, 5) is 7.10. The molecule has 1 heterocycles. The van der Waals surface area contributed by atoms with Crippen molar-refractivity contribution in [1.82, 2.24) is 15.5 Å². The minimum absolute atomic E-state index is 0. The third-order valence-corrected chi connectivity index (χ3v) is 3.58. The van der Waals surface area contributed by atoms with Crippen LogP contribution in [-0.4, -0.2) is 63.8 Å². The average Bonchev–Trinajstić information content (AvgIpc) is 2.43. The summed E-state index contributed by atoms with van der Waals surface area (Å²) in [6, 6.07) is 0. The Morgan fingerprint density at radius 2 is 2.19 bits per heavy atom. The van der Waals surface area contributed by atoms with Gasteiger partial charge in [0.05, 0.1) is 0 Å². The molecule has 0 amide bonds. The van der Waals surface area contributed by atoms with Gasteiger partial charge in [-0.3, -0.25) is 4.99 Å². The molecule has 126 valence electrons. The summed E-state index contributed by atoms with van der Waals surface area (Å²) in [6.07, 6.45) is 3.69. The number of methoxy groups -OCH3 is 1. The van der Waals surface area contributed by atoms with Gasteiger partial charge in [0.25, 0.3) is 0 Å². The SMILES string of the molecule is CCNC(=NCCCOC)NCCN1CCCC(C)C1.I. The number of hydrogen-bond acceptors (Lipinski definition) is 3. The number of aliphatic imine (C=N–C) groups is 1. The fourth-order valence-electron chi connectivity index (χ4n) is 2.56. The minimum Gasteiger partial charge on any atom is -0.385 e. The fourth-order valence-corrected chi connectivity index (χ4v) is 2.56. The summed E-state index contributed by atoms with van der Waals surface area (Å²) in [6.45, 7) is 11.5. The monoisotopic (exact) mass is 412 g/mol. The van der Waals surface area contributed by atoms with Gasteiger partial charge >= 0.3 is 0 Å². The van der Waals surface area contributed by atoms with Crippen LogP contribution in [0.25, 0.3) is 0 Å². The van der Waals surface area contributed by atoms with Crippen molar-refractivity contribution in [3.63, 3.8) is 0 Å². The molecular weight excluding hydrogens is 379 g/mol. The molecule has 6 heteroatoms. The molecule has 0 aliphatic carbocycles. The van der Waals surface area contributed by atoms with E-state index in [-0.39, 0.29) is 24.0 Å². The van der Waals surface area contributed by atoms with Gasteiger partial charge < -0.3 is 20.3 Å². The Morgan fingerprint density at radius 1 is 1.38 bits per heavy atom. The predicted octanol–water partition coefficient (Wildman–Crippen LogP) is 1.93. The number of guanidine groups is 1. The lowest BCUT2D eigenvalue weighted by atomic mass is 10.0. The second kappa shape index (κ2) is 13.6. The van der Waals surface area contributed by atoms with Gasteiger partial charge in [0.1, 0.15) is 0 Å². The first-order valence-corrected chi connectivity index (χ1v) is 7.99. The lowest BCUT2D eigenvalue weighted by molar-refractivity contribution is 0.187. The molecular formula is C15H33IN4O. The molecule has 1 fully saturated rings. The van der Waals surface area contributed by atoms with Crippen molar-refractivity contribution < 1.29 is 4.74 Å². The lowest BCUT2D eigenvalue weighted by Crippen LogP contribution is -2.43. The third-order valence-electron chi connectivity index (χ3n) is 3.58. The first kappa shape index (κ1) is 20.9. The molecule has 1 saturated heterocycles. The largest absolute Gasteiger partial charge is 0.385 e. The molecule has 0 saturated carbocycles. The molecule has 1 aliphatic heterocycles. The van der Waals surface area contributed by atoms with Crippen molar-refractivity contribution in [2.24, 2.45) is 10.9 Å². The molecule has 0 radical (unpaired) electrons. The number of halogens is 1. The van der Waals surface area contributed by atoms with Crippen molar-refractivity contribution in [3.8, 4) is 0 Å². The Kier molecular flexibility index (Phi) is 13.5. The van der Waals surface area contributed by atoms with Crippen LogP contribution in [0.2, 0.25) is 0 Å². The van der Waals surface area contributed by atoms with E-state index in [4.69, 9.17) is 4.74 Å². The highest BCUT2D eigenvalue weighted by atomic mass is 127. The van der Waals surface area contributed by atoms with Crippen LogP contribution in [0, 0.1) is 5.92 Å². The van der Waals surface area contributed by atoms with E-state index in [0.717, 1.165) is 51.1 Å². The Balaban J connectivity index is 0.00000400. The quantitative estimate of drug-likeness (QED) is 0.277. The topological polar surface area (TPSA) is 48.9 Å². The van der Waals surface area contributed by atoms with E-state index in [9.17, 15) is 0 Å². The standard InChI is InChI=1S/C15H32N4O.HI/c1-4-16-15(17-8-6-12-20-3)18-9-11-19-10-5-7-14(2)13-19;/h14H,4-13H2,1-3H3,(H2,16,17,18);1H. The third kappa shape index (κ3) is 10.3. The van der Waals surface area contributed by atoms with E-state index >= 15 is 0 Å². The molecule has 5 nitrogen and oxygen atoms in total. The summed E-state index contributed by atoms with van der Waals surface area (Å²) < 4.78 is 5.04. The maximum Gasteiger partial charge on any atom is 0.191 e. The number of ether oxygens (including phenoxy) is 1. The zero-order valence-corrected chi connectivity index (χ0v) is 16.2. The maximum absolute atomic E-state index is 5.04. The minimum atomic E-state index is 0. The van der Waals surface area contributed by atoms with Gasteiger partial charge in [-0.15, -0.1) is 24.0 Å². The van der Waals surface area contributed by atoms with Gasteiger partial charge in [-0.1, -0.05) is 6.92 Å². The Bertz CT molecular complexity index is 276. The second-order valence-corrected chi connectivity index (χ2v) is 5.58. The molecule has 0 spiro atoms. The van der Waals surface area contributed by atoms with E-state index in [1.54, 1.807) is 7.11 Å². The molecule has 1 unspecified atom stereocenters. The van der Waals surface area contributed by atoms with Crippen LogP contribution >= 0.6 is 24.0 Å². The van der Waals surface area contributed by atoms with Crippen LogP contribution in [0.4, 0.5) is 0 Å². The molecule has 1 rings (SSSR count). The average molecular weight is 412 g/mol.